The predicted molar refractivity (Wildman–Crippen MR) is 197 cm³/mol. The lowest BCUT2D eigenvalue weighted by Gasteiger charge is -2.31. The maximum atomic E-state index is 6.47. The molecule has 0 radical (unpaired) electrons. The van der Waals surface area contributed by atoms with E-state index in [0.717, 1.165) is 21.5 Å². The van der Waals surface area contributed by atoms with Gasteiger partial charge in [0.2, 0.25) is 0 Å². The molecule has 2 nitrogen and oxygen atoms in total. The minimum atomic E-state index is -0.0982. The molecule has 0 aromatic heterocycles. The quantitative estimate of drug-likeness (QED) is 0.169. The van der Waals surface area contributed by atoms with E-state index in [1.165, 1.54) is 55.6 Å². The van der Waals surface area contributed by atoms with Crippen LogP contribution in [0, 0.1) is 0 Å². The SMILES string of the molecule is CC1(C)c2ccccc2-c2ccc(N(c3ccc4c(c3)C(C)(C)c3ccccc3-4)c3ccccc3C3OC3c3ccccc3Br)cc21. The standard InChI is InChI=1S/C44H36BrNO/c1-43(2)35-17-9-5-13-29(35)31-23-21-27(25-37(31)43)46(28-22-24-32-30-14-6-10-18-36(30)44(3,4)38(32)26-28)40-20-12-8-16-34(40)42-41(47-42)33-15-7-11-19-39(33)45/h5-26,41-42H,1-4H3. The van der Waals surface area contributed by atoms with Crippen LogP contribution in [-0.2, 0) is 15.6 Å². The van der Waals surface area contributed by atoms with E-state index in [-0.39, 0.29) is 23.0 Å². The molecular weight excluding hydrogens is 638 g/mol. The number of nitrogens with zero attached hydrogens (tertiary/aromatic N) is 1. The highest BCUT2D eigenvalue weighted by Crippen LogP contribution is 2.57. The third kappa shape index (κ3) is 4.26. The Bertz CT molecular complexity index is 2120. The van der Waals surface area contributed by atoms with Gasteiger partial charge >= 0.3 is 0 Å². The van der Waals surface area contributed by atoms with Crippen molar-refractivity contribution in [2.45, 2.75) is 50.7 Å². The van der Waals surface area contributed by atoms with Gasteiger partial charge in [-0.1, -0.05) is 141 Å². The van der Waals surface area contributed by atoms with Gasteiger partial charge in [0.15, 0.2) is 0 Å². The second-order valence-electron chi connectivity index (χ2n) is 14.2. The van der Waals surface area contributed by atoms with E-state index in [0.29, 0.717) is 0 Å². The average molecular weight is 675 g/mol. The summed E-state index contributed by atoms with van der Waals surface area (Å²) in [5.74, 6) is 0. The predicted octanol–water partition coefficient (Wildman–Crippen LogP) is 12.3. The second kappa shape index (κ2) is 10.3. The van der Waals surface area contributed by atoms with E-state index in [4.69, 9.17) is 4.74 Å². The molecule has 230 valence electrons. The first-order chi connectivity index (χ1) is 22.7. The monoisotopic (exact) mass is 673 g/mol. The fraction of sp³-hybridized carbons (Fsp3) is 0.182. The van der Waals surface area contributed by atoms with E-state index in [1.54, 1.807) is 0 Å². The number of fused-ring (bicyclic) bond motifs is 6. The Balaban J connectivity index is 1.23. The van der Waals surface area contributed by atoms with Gasteiger partial charge in [0.1, 0.15) is 12.2 Å². The molecule has 0 amide bonds. The summed E-state index contributed by atoms with van der Waals surface area (Å²) in [6.45, 7) is 9.43. The maximum Gasteiger partial charge on any atom is 0.116 e. The molecule has 1 aliphatic heterocycles. The number of ether oxygens (including phenoxy) is 1. The van der Waals surface area contributed by atoms with Gasteiger partial charge in [0.25, 0.3) is 0 Å². The summed E-state index contributed by atoms with van der Waals surface area (Å²) in [5, 5.41) is 0. The molecule has 0 saturated carbocycles. The highest BCUT2D eigenvalue weighted by molar-refractivity contribution is 9.10. The van der Waals surface area contributed by atoms with E-state index in [9.17, 15) is 0 Å². The largest absolute Gasteiger partial charge is 0.359 e. The van der Waals surface area contributed by atoms with Gasteiger partial charge in [0, 0.05) is 32.2 Å². The smallest absolute Gasteiger partial charge is 0.116 e. The van der Waals surface area contributed by atoms with Crippen LogP contribution in [0.5, 0.6) is 0 Å². The highest BCUT2D eigenvalue weighted by Gasteiger charge is 2.45. The van der Waals surface area contributed by atoms with E-state index >= 15 is 0 Å². The Morgan fingerprint density at radius 1 is 0.489 bits per heavy atom. The molecule has 1 heterocycles. The summed E-state index contributed by atoms with van der Waals surface area (Å²) in [6, 6.07) is 49.1. The summed E-state index contributed by atoms with van der Waals surface area (Å²) in [6.07, 6.45) is -0.0203. The van der Waals surface area contributed by atoms with Crippen LogP contribution in [0.1, 0.15) is 73.3 Å². The molecule has 6 aromatic carbocycles. The first kappa shape index (κ1) is 28.8. The number of hydrogen-bond acceptors (Lipinski definition) is 2. The van der Waals surface area contributed by atoms with Gasteiger partial charge in [-0.05, 0) is 86.5 Å². The molecule has 0 spiro atoms. The van der Waals surface area contributed by atoms with Crippen molar-refractivity contribution in [3.63, 3.8) is 0 Å². The molecule has 0 N–H and O–H groups in total. The molecule has 3 heteroatoms. The van der Waals surface area contributed by atoms with Gasteiger partial charge in [-0.3, -0.25) is 0 Å². The lowest BCUT2D eigenvalue weighted by molar-refractivity contribution is 0.377. The molecule has 2 aliphatic carbocycles. The average Bonchev–Trinajstić information content (AvgIpc) is 3.80. The number of para-hydroxylation sites is 1. The minimum Gasteiger partial charge on any atom is -0.359 e. The number of epoxide rings is 1. The number of halogens is 1. The van der Waals surface area contributed by atoms with Crippen molar-refractivity contribution < 1.29 is 4.74 Å². The summed E-state index contributed by atoms with van der Waals surface area (Å²) in [5.41, 5.74) is 16.5. The first-order valence-corrected chi connectivity index (χ1v) is 17.3. The van der Waals surface area contributed by atoms with Crippen LogP contribution in [0.25, 0.3) is 22.3 Å². The molecular formula is C44H36BrNO. The molecule has 6 aromatic rings. The first-order valence-electron chi connectivity index (χ1n) is 16.5. The third-order valence-corrected chi connectivity index (χ3v) is 11.6. The van der Waals surface area contributed by atoms with Crippen molar-refractivity contribution in [2.24, 2.45) is 0 Å². The summed E-state index contributed by atoms with van der Waals surface area (Å²) in [7, 11) is 0. The molecule has 0 bridgehead atoms. The number of rotatable bonds is 5. The van der Waals surface area contributed by atoms with Crippen molar-refractivity contribution in [1.82, 2.24) is 0 Å². The van der Waals surface area contributed by atoms with Crippen molar-refractivity contribution >= 4 is 33.0 Å². The van der Waals surface area contributed by atoms with Crippen molar-refractivity contribution in [3.05, 3.63) is 171 Å². The molecule has 1 saturated heterocycles. The molecule has 2 atom stereocenters. The topological polar surface area (TPSA) is 15.8 Å². The Morgan fingerprint density at radius 3 is 1.51 bits per heavy atom. The van der Waals surface area contributed by atoms with Gasteiger partial charge in [-0.2, -0.15) is 0 Å². The Kier molecular flexibility index (Phi) is 6.29. The van der Waals surface area contributed by atoms with Gasteiger partial charge in [0.05, 0.1) is 5.69 Å². The van der Waals surface area contributed by atoms with Crippen molar-refractivity contribution in [3.8, 4) is 22.3 Å². The van der Waals surface area contributed by atoms with Crippen LogP contribution in [0.3, 0.4) is 0 Å². The van der Waals surface area contributed by atoms with Crippen molar-refractivity contribution in [2.75, 3.05) is 4.90 Å². The number of benzene rings is 6. The molecule has 3 aliphatic rings. The molecule has 47 heavy (non-hydrogen) atoms. The van der Waals surface area contributed by atoms with Crippen LogP contribution >= 0.6 is 15.9 Å². The zero-order valence-electron chi connectivity index (χ0n) is 27.1. The van der Waals surface area contributed by atoms with Crippen LogP contribution in [-0.4, -0.2) is 0 Å². The van der Waals surface area contributed by atoms with E-state index in [2.05, 4.69) is 182 Å². The zero-order valence-corrected chi connectivity index (χ0v) is 28.7. The lowest BCUT2D eigenvalue weighted by Crippen LogP contribution is -2.18. The van der Waals surface area contributed by atoms with Gasteiger partial charge in [-0.25, -0.2) is 0 Å². The van der Waals surface area contributed by atoms with Gasteiger partial charge in [-0.15, -0.1) is 0 Å². The van der Waals surface area contributed by atoms with Gasteiger partial charge < -0.3 is 9.64 Å². The highest BCUT2D eigenvalue weighted by atomic mass is 79.9. The van der Waals surface area contributed by atoms with Crippen LogP contribution in [0.4, 0.5) is 17.1 Å². The Hall–Kier alpha value is -4.44. The summed E-state index contributed by atoms with van der Waals surface area (Å²) >= 11 is 3.77. The number of hydrogen-bond donors (Lipinski definition) is 0. The minimum absolute atomic E-state index is 0.00970. The maximum absolute atomic E-state index is 6.47. The third-order valence-electron chi connectivity index (χ3n) is 10.8. The molecule has 2 unspecified atom stereocenters. The van der Waals surface area contributed by atoms with E-state index < -0.39 is 0 Å². The lowest BCUT2D eigenvalue weighted by atomic mass is 9.82. The normalized spacial score (nSPS) is 19.0. The molecule has 9 rings (SSSR count). The fourth-order valence-corrected chi connectivity index (χ4v) is 8.82. The van der Waals surface area contributed by atoms with E-state index in [1.807, 2.05) is 0 Å². The number of anilines is 3. The van der Waals surface area contributed by atoms with Crippen LogP contribution < -0.4 is 4.90 Å². The second-order valence-corrected chi connectivity index (χ2v) is 15.0. The fourth-order valence-electron chi connectivity index (χ4n) is 8.31. The Morgan fingerprint density at radius 2 is 0.936 bits per heavy atom. The Labute approximate surface area is 285 Å². The van der Waals surface area contributed by atoms with Crippen molar-refractivity contribution in [1.29, 1.82) is 0 Å². The van der Waals surface area contributed by atoms with Crippen LogP contribution in [0.2, 0.25) is 0 Å². The zero-order chi connectivity index (χ0) is 32.1. The summed E-state index contributed by atoms with van der Waals surface area (Å²) < 4.78 is 7.56. The molecule has 1 fully saturated rings. The summed E-state index contributed by atoms with van der Waals surface area (Å²) in [4.78, 5) is 2.47. The van der Waals surface area contributed by atoms with Crippen LogP contribution in [0.15, 0.2) is 138 Å².